The van der Waals surface area contributed by atoms with Crippen molar-refractivity contribution in [3.63, 3.8) is 0 Å². The number of rotatable bonds is 4. The second-order valence-electron chi connectivity index (χ2n) is 4.25. The molecule has 16 heavy (non-hydrogen) atoms. The van der Waals surface area contributed by atoms with Crippen molar-refractivity contribution in [2.24, 2.45) is 0 Å². The van der Waals surface area contributed by atoms with Crippen molar-refractivity contribution in [1.82, 2.24) is 9.88 Å². The lowest BCUT2D eigenvalue weighted by molar-refractivity contribution is 0.320. The predicted octanol–water partition coefficient (Wildman–Crippen LogP) is 2.57. The minimum absolute atomic E-state index is 0.523. The maximum absolute atomic E-state index is 13.0. The molecule has 1 fully saturated rings. The smallest absolute Gasteiger partial charge is 0.119 e. The van der Waals surface area contributed by atoms with Gasteiger partial charge >= 0.3 is 0 Å². The van der Waals surface area contributed by atoms with Gasteiger partial charge < -0.3 is 4.90 Å². The maximum atomic E-state index is 13.0. The molecule has 1 aromatic heterocycles. The lowest BCUT2D eigenvalue weighted by Crippen LogP contribution is -2.20. The number of alkyl halides is 1. The normalized spacial score (nSPS) is 20.1. The van der Waals surface area contributed by atoms with Crippen LogP contribution >= 0.6 is 0 Å². The molecule has 0 bridgehead atoms. The summed E-state index contributed by atoms with van der Waals surface area (Å²) in [5.41, 5.74) is 2.31. The highest BCUT2D eigenvalue weighted by Crippen LogP contribution is 2.19. The van der Waals surface area contributed by atoms with Gasteiger partial charge in [0.05, 0.1) is 0 Å². The molecule has 0 amide bonds. The van der Waals surface area contributed by atoms with E-state index < -0.39 is 6.17 Å². The Kier molecular flexibility index (Phi) is 3.54. The molecule has 1 aliphatic heterocycles. The molecule has 2 rings (SSSR count). The predicted molar refractivity (Wildman–Crippen MR) is 62.8 cm³/mol. The van der Waals surface area contributed by atoms with Crippen LogP contribution in [0.1, 0.15) is 18.4 Å². The van der Waals surface area contributed by atoms with Crippen molar-refractivity contribution in [3.8, 4) is 0 Å². The van der Waals surface area contributed by atoms with E-state index >= 15 is 0 Å². The molecular weight excluding hydrogens is 203 g/mol. The summed E-state index contributed by atoms with van der Waals surface area (Å²) >= 11 is 0. The SMILES string of the molecule is C=C(CCc1ccncc1)N1CCC(F)C1. The molecule has 0 saturated carbocycles. The van der Waals surface area contributed by atoms with Crippen LogP contribution in [0.4, 0.5) is 4.39 Å². The first-order chi connectivity index (χ1) is 7.75. The van der Waals surface area contributed by atoms with E-state index in [1.807, 2.05) is 12.1 Å². The molecule has 0 spiro atoms. The van der Waals surface area contributed by atoms with Crippen LogP contribution in [-0.2, 0) is 6.42 Å². The molecule has 2 heterocycles. The molecular formula is C13H17FN2. The number of hydrogen-bond acceptors (Lipinski definition) is 2. The van der Waals surface area contributed by atoms with Crippen molar-refractivity contribution in [2.45, 2.75) is 25.4 Å². The van der Waals surface area contributed by atoms with Gasteiger partial charge in [0, 0.05) is 31.2 Å². The molecule has 0 aliphatic carbocycles. The Bertz CT molecular complexity index is 350. The Morgan fingerprint density at radius 1 is 1.50 bits per heavy atom. The van der Waals surface area contributed by atoms with E-state index in [1.165, 1.54) is 5.56 Å². The summed E-state index contributed by atoms with van der Waals surface area (Å²) in [6.45, 7) is 5.37. The number of aromatic nitrogens is 1. The van der Waals surface area contributed by atoms with Crippen molar-refractivity contribution in [3.05, 3.63) is 42.4 Å². The zero-order valence-corrected chi connectivity index (χ0v) is 9.40. The highest BCUT2D eigenvalue weighted by molar-refractivity contribution is 5.12. The Balaban J connectivity index is 1.80. The van der Waals surface area contributed by atoms with Gasteiger partial charge in [0.15, 0.2) is 0 Å². The molecule has 1 aromatic rings. The van der Waals surface area contributed by atoms with Crippen LogP contribution in [0.3, 0.4) is 0 Å². The molecule has 86 valence electrons. The summed E-state index contributed by atoms with van der Waals surface area (Å²) in [5.74, 6) is 0. The number of allylic oxidation sites excluding steroid dienone is 1. The van der Waals surface area contributed by atoms with Gasteiger partial charge in [-0.15, -0.1) is 0 Å². The van der Waals surface area contributed by atoms with E-state index in [1.54, 1.807) is 12.4 Å². The van der Waals surface area contributed by atoms with E-state index in [0.717, 1.165) is 25.1 Å². The third-order valence-corrected chi connectivity index (χ3v) is 3.03. The topological polar surface area (TPSA) is 16.1 Å². The van der Waals surface area contributed by atoms with Crippen molar-refractivity contribution < 1.29 is 4.39 Å². The number of hydrogen-bond donors (Lipinski definition) is 0. The van der Waals surface area contributed by atoms with Crippen LogP contribution in [0.25, 0.3) is 0 Å². The Hall–Kier alpha value is -1.38. The minimum Gasteiger partial charge on any atom is -0.372 e. The Labute approximate surface area is 95.8 Å². The summed E-state index contributed by atoms with van der Waals surface area (Å²) < 4.78 is 13.0. The zero-order valence-electron chi connectivity index (χ0n) is 9.40. The lowest BCUT2D eigenvalue weighted by Gasteiger charge is -2.20. The highest BCUT2D eigenvalue weighted by Gasteiger charge is 2.22. The fourth-order valence-electron chi connectivity index (χ4n) is 2.00. The third-order valence-electron chi connectivity index (χ3n) is 3.03. The van der Waals surface area contributed by atoms with Gasteiger partial charge in [-0.2, -0.15) is 0 Å². The molecule has 0 radical (unpaired) electrons. The van der Waals surface area contributed by atoms with Gasteiger partial charge in [0.2, 0.25) is 0 Å². The monoisotopic (exact) mass is 220 g/mol. The number of halogens is 1. The van der Waals surface area contributed by atoms with Crippen molar-refractivity contribution in [1.29, 1.82) is 0 Å². The summed E-state index contributed by atoms with van der Waals surface area (Å²) in [6.07, 6.45) is 5.43. The van der Waals surface area contributed by atoms with E-state index in [0.29, 0.717) is 13.0 Å². The van der Waals surface area contributed by atoms with Crippen LogP contribution in [0, 0.1) is 0 Å². The van der Waals surface area contributed by atoms with Crippen LogP contribution in [0.2, 0.25) is 0 Å². The van der Waals surface area contributed by atoms with Crippen LogP contribution in [0.15, 0.2) is 36.8 Å². The fraction of sp³-hybridized carbons (Fsp3) is 0.462. The summed E-state index contributed by atoms with van der Waals surface area (Å²) in [5, 5.41) is 0. The maximum Gasteiger partial charge on any atom is 0.119 e. The first kappa shape index (κ1) is 11.1. The number of pyridine rings is 1. The average molecular weight is 220 g/mol. The van der Waals surface area contributed by atoms with E-state index in [9.17, 15) is 4.39 Å². The van der Waals surface area contributed by atoms with Gasteiger partial charge in [-0.05, 0) is 37.0 Å². The summed E-state index contributed by atoms with van der Waals surface area (Å²) in [6, 6.07) is 4.02. The lowest BCUT2D eigenvalue weighted by atomic mass is 10.1. The largest absolute Gasteiger partial charge is 0.372 e. The van der Waals surface area contributed by atoms with Crippen LogP contribution in [-0.4, -0.2) is 29.1 Å². The van der Waals surface area contributed by atoms with Crippen molar-refractivity contribution in [2.75, 3.05) is 13.1 Å². The van der Waals surface area contributed by atoms with Gasteiger partial charge in [0.25, 0.3) is 0 Å². The number of likely N-dealkylation sites (tertiary alicyclic amines) is 1. The average Bonchev–Trinajstić information content (AvgIpc) is 2.74. The molecule has 0 N–H and O–H groups in total. The van der Waals surface area contributed by atoms with E-state index in [4.69, 9.17) is 0 Å². The molecule has 0 aromatic carbocycles. The Morgan fingerprint density at radius 3 is 2.88 bits per heavy atom. The molecule has 1 aliphatic rings. The van der Waals surface area contributed by atoms with Gasteiger partial charge in [-0.3, -0.25) is 4.98 Å². The number of aryl methyl sites for hydroxylation is 1. The summed E-state index contributed by atoms with van der Waals surface area (Å²) in [4.78, 5) is 6.04. The van der Waals surface area contributed by atoms with E-state index in [2.05, 4.69) is 16.5 Å². The molecule has 1 unspecified atom stereocenters. The van der Waals surface area contributed by atoms with Gasteiger partial charge in [-0.1, -0.05) is 6.58 Å². The highest BCUT2D eigenvalue weighted by atomic mass is 19.1. The molecule has 1 saturated heterocycles. The van der Waals surface area contributed by atoms with Gasteiger partial charge in [-0.25, -0.2) is 4.39 Å². The molecule has 3 heteroatoms. The van der Waals surface area contributed by atoms with E-state index in [-0.39, 0.29) is 0 Å². The van der Waals surface area contributed by atoms with Crippen molar-refractivity contribution >= 4 is 0 Å². The quantitative estimate of drug-likeness (QED) is 0.775. The first-order valence-corrected chi connectivity index (χ1v) is 5.71. The molecule has 1 atom stereocenters. The first-order valence-electron chi connectivity index (χ1n) is 5.71. The zero-order chi connectivity index (χ0) is 11.4. The molecule has 2 nitrogen and oxygen atoms in total. The standard InChI is InChI=1S/C13H17FN2/c1-11(16-9-6-13(14)10-16)2-3-12-4-7-15-8-5-12/h4-5,7-8,13H,1-3,6,9-10H2. The summed E-state index contributed by atoms with van der Waals surface area (Å²) in [7, 11) is 0. The second kappa shape index (κ2) is 5.10. The number of nitrogens with zero attached hydrogens (tertiary/aromatic N) is 2. The fourth-order valence-corrected chi connectivity index (χ4v) is 2.00. The Morgan fingerprint density at radius 2 is 2.25 bits per heavy atom. The third kappa shape index (κ3) is 2.81. The minimum atomic E-state index is -0.669. The second-order valence-corrected chi connectivity index (χ2v) is 4.25. The van der Waals surface area contributed by atoms with Gasteiger partial charge in [0.1, 0.15) is 6.17 Å². The van der Waals surface area contributed by atoms with Crippen LogP contribution < -0.4 is 0 Å². The van der Waals surface area contributed by atoms with Crippen LogP contribution in [0.5, 0.6) is 0 Å².